The van der Waals surface area contributed by atoms with Gasteiger partial charge in [-0.05, 0) is 0 Å². The number of rotatable bonds is 0. The van der Waals surface area contributed by atoms with Gasteiger partial charge in [0.1, 0.15) is 0 Å². The van der Waals surface area contributed by atoms with E-state index in [1.807, 2.05) is 0 Å². The lowest BCUT2D eigenvalue weighted by Gasteiger charge is -1.60. The SMILES string of the molecule is O=C(O)O.S.S. The first-order valence-corrected chi connectivity index (χ1v) is 0.651. The molecule has 2 N–H and O–H groups in total. The quantitative estimate of drug-likeness (QED) is 0.500. The lowest BCUT2D eigenvalue weighted by atomic mass is 11.5. The zero-order valence-corrected chi connectivity index (χ0v) is 4.80. The first-order valence-electron chi connectivity index (χ1n) is 0.651. The minimum atomic E-state index is -1.83. The smallest absolute Gasteiger partial charge is 0.450 e. The highest BCUT2D eigenvalue weighted by atomic mass is 32.1. The fourth-order valence-electron chi connectivity index (χ4n) is 0. The van der Waals surface area contributed by atoms with Gasteiger partial charge in [0, 0.05) is 0 Å². The van der Waals surface area contributed by atoms with E-state index in [0.717, 1.165) is 0 Å². The van der Waals surface area contributed by atoms with Crippen molar-refractivity contribution in [3.05, 3.63) is 0 Å². The minimum absolute atomic E-state index is 0. The van der Waals surface area contributed by atoms with Crippen LogP contribution in [0, 0.1) is 0 Å². The maximum absolute atomic E-state index is 8.56. The van der Waals surface area contributed by atoms with Gasteiger partial charge in [-0.25, -0.2) is 4.79 Å². The number of carbonyl (C=O) groups is 1. The molecule has 0 aromatic carbocycles. The third-order valence-corrected chi connectivity index (χ3v) is 0. The van der Waals surface area contributed by atoms with Gasteiger partial charge >= 0.3 is 6.16 Å². The van der Waals surface area contributed by atoms with Gasteiger partial charge in [-0.2, -0.15) is 27.0 Å². The van der Waals surface area contributed by atoms with Gasteiger partial charge in [-0.15, -0.1) is 0 Å². The summed E-state index contributed by atoms with van der Waals surface area (Å²) in [5.74, 6) is 0. The number of hydrogen-bond acceptors (Lipinski definition) is 1. The van der Waals surface area contributed by atoms with Crippen molar-refractivity contribution >= 4 is 33.1 Å². The summed E-state index contributed by atoms with van der Waals surface area (Å²) in [7, 11) is 0. The van der Waals surface area contributed by atoms with Crippen LogP contribution >= 0.6 is 27.0 Å². The number of hydrogen-bond donors (Lipinski definition) is 2. The Bertz CT molecular complexity index is 31.8. The van der Waals surface area contributed by atoms with Gasteiger partial charge in [0.25, 0.3) is 0 Å². The topological polar surface area (TPSA) is 57.5 Å². The molecule has 6 heavy (non-hydrogen) atoms. The van der Waals surface area contributed by atoms with Crippen molar-refractivity contribution in [2.24, 2.45) is 0 Å². The Hall–Kier alpha value is -0.0300. The zero-order valence-electron chi connectivity index (χ0n) is 2.80. The lowest BCUT2D eigenvalue weighted by molar-refractivity contribution is 0.137. The van der Waals surface area contributed by atoms with E-state index < -0.39 is 6.16 Å². The summed E-state index contributed by atoms with van der Waals surface area (Å²) in [4.78, 5) is 8.56. The average Bonchev–Trinajstić information content (AvgIpc) is 0.811. The van der Waals surface area contributed by atoms with Crippen molar-refractivity contribution in [2.45, 2.75) is 0 Å². The van der Waals surface area contributed by atoms with Crippen LogP contribution in [-0.4, -0.2) is 16.4 Å². The molecule has 0 radical (unpaired) electrons. The van der Waals surface area contributed by atoms with E-state index >= 15 is 0 Å². The maximum Gasteiger partial charge on any atom is 0.503 e. The molecular weight excluding hydrogens is 124 g/mol. The largest absolute Gasteiger partial charge is 0.503 e. The second-order valence-corrected chi connectivity index (χ2v) is 0.283. The van der Waals surface area contributed by atoms with Crippen molar-refractivity contribution in [1.82, 2.24) is 0 Å². The van der Waals surface area contributed by atoms with Crippen LogP contribution in [-0.2, 0) is 0 Å². The van der Waals surface area contributed by atoms with Crippen LogP contribution < -0.4 is 0 Å². The molecule has 0 aromatic rings. The lowest BCUT2D eigenvalue weighted by Crippen LogP contribution is -1.81. The van der Waals surface area contributed by atoms with E-state index in [1.54, 1.807) is 0 Å². The Balaban J connectivity index is -0.0000000450. The molecule has 0 fully saturated rings. The molecule has 0 bridgehead atoms. The average molecular weight is 130 g/mol. The molecule has 5 heteroatoms. The van der Waals surface area contributed by atoms with Crippen LogP contribution in [0.3, 0.4) is 0 Å². The molecule has 0 atom stereocenters. The van der Waals surface area contributed by atoms with E-state index in [1.165, 1.54) is 0 Å². The van der Waals surface area contributed by atoms with E-state index in [-0.39, 0.29) is 27.0 Å². The van der Waals surface area contributed by atoms with Crippen molar-refractivity contribution in [2.75, 3.05) is 0 Å². The normalized spacial score (nSPS) is 4.00. The fourth-order valence-corrected chi connectivity index (χ4v) is 0. The van der Waals surface area contributed by atoms with E-state index in [2.05, 4.69) is 0 Å². The van der Waals surface area contributed by atoms with Gasteiger partial charge in [-0.3, -0.25) is 0 Å². The second-order valence-electron chi connectivity index (χ2n) is 0.283. The summed E-state index contributed by atoms with van der Waals surface area (Å²) in [6.07, 6.45) is -1.83. The number of carboxylic acid groups (broad SMARTS) is 2. The van der Waals surface area contributed by atoms with Gasteiger partial charge in [0.2, 0.25) is 0 Å². The first-order chi connectivity index (χ1) is 1.73. The van der Waals surface area contributed by atoms with Gasteiger partial charge in [0.15, 0.2) is 0 Å². The molecule has 40 valence electrons. The molecule has 0 spiro atoms. The Kier molecular flexibility index (Phi) is 24.7. The third-order valence-electron chi connectivity index (χ3n) is 0. The highest BCUT2D eigenvalue weighted by Gasteiger charge is 1.70. The molecule has 0 amide bonds. The minimum Gasteiger partial charge on any atom is -0.450 e. The summed E-state index contributed by atoms with van der Waals surface area (Å²) >= 11 is 0. The molecule has 0 saturated carbocycles. The molecule has 0 saturated heterocycles. The molecular formula is CH6O3S2. The highest BCUT2D eigenvalue weighted by Crippen LogP contribution is 1.42. The van der Waals surface area contributed by atoms with Gasteiger partial charge in [-0.1, -0.05) is 0 Å². The summed E-state index contributed by atoms with van der Waals surface area (Å²) in [5, 5.41) is 13.9. The third kappa shape index (κ3) is 38900. The molecule has 0 rings (SSSR count). The molecule has 0 aliphatic rings. The Morgan fingerprint density at radius 1 is 1.17 bits per heavy atom. The van der Waals surface area contributed by atoms with Gasteiger partial charge in [0.05, 0.1) is 0 Å². The Labute approximate surface area is 48.9 Å². The predicted molar refractivity (Wildman–Crippen MR) is 31.4 cm³/mol. The predicted octanol–water partition coefficient (Wildman–Crippen LogP) is 0.448. The second kappa shape index (κ2) is 8.88. The molecule has 0 aliphatic heterocycles. The van der Waals surface area contributed by atoms with Crippen LogP contribution in [0.2, 0.25) is 0 Å². The Morgan fingerprint density at radius 2 is 1.17 bits per heavy atom. The standard InChI is InChI=1S/CH2O3.2H2S/c2-1(3)4;;/h(H2,2,3,4);2*1H2. The van der Waals surface area contributed by atoms with Crippen LogP contribution in [0.4, 0.5) is 4.79 Å². The van der Waals surface area contributed by atoms with Crippen molar-refractivity contribution in [1.29, 1.82) is 0 Å². The van der Waals surface area contributed by atoms with Crippen molar-refractivity contribution < 1.29 is 15.0 Å². The summed E-state index contributed by atoms with van der Waals surface area (Å²) in [6.45, 7) is 0. The fraction of sp³-hybridized carbons (Fsp3) is 0. The van der Waals surface area contributed by atoms with E-state index in [9.17, 15) is 0 Å². The molecule has 0 heterocycles. The van der Waals surface area contributed by atoms with Crippen molar-refractivity contribution in [3.8, 4) is 0 Å². The van der Waals surface area contributed by atoms with E-state index in [0.29, 0.717) is 0 Å². The van der Waals surface area contributed by atoms with E-state index in [4.69, 9.17) is 15.0 Å². The van der Waals surface area contributed by atoms with Crippen LogP contribution in [0.15, 0.2) is 0 Å². The Morgan fingerprint density at radius 3 is 1.17 bits per heavy atom. The molecule has 0 aliphatic carbocycles. The van der Waals surface area contributed by atoms with Crippen LogP contribution in [0.1, 0.15) is 0 Å². The monoisotopic (exact) mass is 130 g/mol. The summed E-state index contributed by atoms with van der Waals surface area (Å²) in [5.41, 5.74) is 0. The molecule has 3 nitrogen and oxygen atoms in total. The van der Waals surface area contributed by atoms with Crippen LogP contribution in [0.5, 0.6) is 0 Å². The van der Waals surface area contributed by atoms with Crippen molar-refractivity contribution in [3.63, 3.8) is 0 Å². The highest BCUT2D eigenvalue weighted by molar-refractivity contribution is 7.59. The molecule has 0 unspecified atom stereocenters. The van der Waals surface area contributed by atoms with Crippen LogP contribution in [0.25, 0.3) is 0 Å². The summed E-state index contributed by atoms with van der Waals surface area (Å²) < 4.78 is 0. The maximum atomic E-state index is 8.56. The van der Waals surface area contributed by atoms with Gasteiger partial charge < -0.3 is 10.2 Å². The summed E-state index contributed by atoms with van der Waals surface area (Å²) in [6, 6.07) is 0. The first kappa shape index (κ1) is 16.7. The zero-order chi connectivity index (χ0) is 3.58. The molecule has 0 aromatic heterocycles.